The minimum Gasteiger partial charge on any atom is -0.450 e. The first kappa shape index (κ1) is 25.4. The lowest BCUT2D eigenvalue weighted by Crippen LogP contribution is -2.46. The summed E-state index contributed by atoms with van der Waals surface area (Å²) in [5.74, 6) is -0.382. The molecule has 1 aromatic rings. The summed E-state index contributed by atoms with van der Waals surface area (Å²) < 4.78 is 5.23. The highest BCUT2D eigenvalue weighted by Crippen LogP contribution is 2.35. The van der Waals surface area contributed by atoms with Gasteiger partial charge in [-0.3, -0.25) is 14.9 Å². The number of ether oxygens (including phenoxy) is 1. The summed E-state index contributed by atoms with van der Waals surface area (Å²) in [6, 6.07) is 5.85. The van der Waals surface area contributed by atoms with Crippen LogP contribution >= 0.6 is 23.4 Å². The molecule has 0 aromatic heterocycles. The molecule has 10 heteroatoms. The van der Waals surface area contributed by atoms with E-state index in [0.717, 1.165) is 61.9 Å². The Bertz CT molecular complexity index is 932. The molecule has 3 amide bonds. The summed E-state index contributed by atoms with van der Waals surface area (Å²) in [6.45, 7) is 8.44. The van der Waals surface area contributed by atoms with Crippen molar-refractivity contribution in [3.63, 3.8) is 0 Å². The number of halogens is 1. The standard InChI is InChI=1S/C23H31ClN4O4S/c1-23(2,3)27-21(30)32-12-6-10-25-16-8-5-11-28(14-16)19-15(7-4-9-17(19)24)13-18-20(29)26-22(31)33-18/h4,7,9,13,16,25H,5-6,8,10-12,14H2,1-3H3,(H,27,30)(H,26,29,31)/b18-13-/t16-/m1/s1. The van der Waals surface area contributed by atoms with E-state index in [0.29, 0.717) is 16.5 Å². The number of carbonyl (C=O) groups excluding carboxylic acids is 3. The SMILES string of the molecule is CC(C)(C)NC(=O)OCCCN[C@@H]1CCCN(c2c(Cl)cccc2/C=C2\SC(=O)NC2=O)C1. The monoisotopic (exact) mass is 494 g/mol. The van der Waals surface area contributed by atoms with Gasteiger partial charge in [0.15, 0.2) is 0 Å². The zero-order chi connectivity index (χ0) is 24.0. The highest BCUT2D eigenvalue weighted by molar-refractivity contribution is 8.18. The van der Waals surface area contributed by atoms with Crippen molar-refractivity contribution in [3.05, 3.63) is 33.7 Å². The topological polar surface area (TPSA) is 99.8 Å². The largest absolute Gasteiger partial charge is 0.450 e. The Morgan fingerprint density at radius 2 is 2.15 bits per heavy atom. The van der Waals surface area contributed by atoms with Crippen LogP contribution in [0.5, 0.6) is 0 Å². The quantitative estimate of drug-likeness (QED) is 0.387. The van der Waals surface area contributed by atoms with Crippen molar-refractivity contribution in [2.24, 2.45) is 0 Å². The Labute approximate surface area is 203 Å². The van der Waals surface area contributed by atoms with Crippen molar-refractivity contribution in [2.45, 2.75) is 51.6 Å². The predicted octanol–water partition coefficient (Wildman–Crippen LogP) is 4.14. The molecule has 1 aromatic carbocycles. The van der Waals surface area contributed by atoms with Crippen LogP contribution in [0.4, 0.5) is 15.3 Å². The molecule has 0 spiro atoms. The van der Waals surface area contributed by atoms with E-state index in [2.05, 4.69) is 20.9 Å². The number of thioether (sulfide) groups is 1. The third kappa shape index (κ3) is 7.65. The van der Waals surface area contributed by atoms with Gasteiger partial charge in [0, 0.05) is 30.2 Å². The van der Waals surface area contributed by atoms with Crippen LogP contribution in [-0.4, -0.2) is 55.1 Å². The summed E-state index contributed by atoms with van der Waals surface area (Å²) in [7, 11) is 0. The molecule has 0 aliphatic carbocycles. The molecule has 0 unspecified atom stereocenters. The summed E-state index contributed by atoms with van der Waals surface area (Å²) in [6.07, 6.45) is 4.08. The van der Waals surface area contributed by atoms with Crippen molar-refractivity contribution < 1.29 is 19.1 Å². The minimum absolute atomic E-state index is 0.268. The van der Waals surface area contributed by atoms with Gasteiger partial charge in [0.2, 0.25) is 0 Å². The van der Waals surface area contributed by atoms with Crippen LogP contribution in [0.3, 0.4) is 0 Å². The van der Waals surface area contributed by atoms with Gasteiger partial charge in [-0.2, -0.15) is 0 Å². The number of piperidine rings is 1. The van der Waals surface area contributed by atoms with Gasteiger partial charge < -0.3 is 20.3 Å². The second-order valence-electron chi connectivity index (χ2n) is 9.13. The lowest BCUT2D eigenvalue weighted by Gasteiger charge is -2.36. The molecule has 2 fully saturated rings. The van der Waals surface area contributed by atoms with Gasteiger partial charge >= 0.3 is 6.09 Å². The molecule has 2 aliphatic heterocycles. The third-order valence-electron chi connectivity index (χ3n) is 5.15. The number of carbonyl (C=O) groups is 3. The highest BCUT2D eigenvalue weighted by atomic mass is 35.5. The van der Waals surface area contributed by atoms with E-state index >= 15 is 0 Å². The lowest BCUT2D eigenvalue weighted by atomic mass is 10.0. The molecule has 3 N–H and O–H groups in total. The smallest absolute Gasteiger partial charge is 0.407 e. The van der Waals surface area contributed by atoms with Crippen LogP contribution in [0.2, 0.25) is 5.02 Å². The fourth-order valence-electron chi connectivity index (χ4n) is 3.78. The van der Waals surface area contributed by atoms with Crippen LogP contribution in [0.1, 0.15) is 45.6 Å². The fraction of sp³-hybridized carbons (Fsp3) is 0.522. The Balaban J connectivity index is 1.55. The normalized spacial score (nSPS) is 20.2. The van der Waals surface area contributed by atoms with Gasteiger partial charge in [0.1, 0.15) is 0 Å². The van der Waals surface area contributed by atoms with Crippen molar-refractivity contribution in [3.8, 4) is 0 Å². The van der Waals surface area contributed by atoms with E-state index in [1.54, 1.807) is 6.08 Å². The number of alkyl carbamates (subject to hydrolysis) is 1. The molecule has 0 bridgehead atoms. The number of nitrogens with zero attached hydrogens (tertiary/aromatic N) is 1. The van der Waals surface area contributed by atoms with Gasteiger partial charge in [-0.15, -0.1) is 0 Å². The molecular weight excluding hydrogens is 464 g/mol. The molecular formula is C23H31ClN4O4S. The Hall–Kier alpha value is -2.23. The number of anilines is 1. The van der Waals surface area contributed by atoms with E-state index in [9.17, 15) is 14.4 Å². The van der Waals surface area contributed by atoms with Crippen LogP contribution in [0, 0.1) is 0 Å². The van der Waals surface area contributed by atoms with Crippen LogP contribution in [0.15, 0.2) is 23.1 Å². The first-order valence-corrected chi connectivity index (χ1v) is 12.3. The lowest BCUT2D eigenvalue weighted by molar-refractivity contribution is -0.115. The molecule has 0 saturated carbocycles. The molecule has 3 rings (SSSR count). The van der Waals surface area contributed by atoms with Crippen molar-refractivity contribution >= 4 is 52.4 Å². The number of hydrogen-bond acceptors (Lipinski definition) is 7. The van der Waals surface area contributed by atoms with Gasteiger partial charge in [0.05, 0.1) is 22.2 Å². The van der Waals surface area contributed by atoms with Crippen LogP contribution in [-0.2, 0) is 9.53 Å². The number of benzene rings is 1. The zero-order valence-corrected chi connectivity index (χ0v) is 20.8. The molecule has 1 atom stereocenters. The van der Waals surface area contributed by atoms with E-state index in [1.165, 1.54) is 0 Å². The van der Waals surface area contributed by atoms with Gasteiger partial charge in [0.25, 0.3) is 11.1 Å². The minimum atomic E-state index is -0.400. The van der Waals surface area contributed by atoms with Crippen LogP contribution in [0.25, 0.3) is 6.08 Å². The fourth-order valence-corrected chi connectivity index (χ4v) is 4.75. The highest BCUT2D eigenvalue weighted by Gasteiger charge is 2.27. The van der Waals surface area contributed by atoms with Crippen molar-refractivity contribution in [1.29, 1.82) is 0 Å². The Morgan fingerprint density at radius 1 is 1.36 bits per heavy atom. The summed E-state index contributed by atoms with van der Waals surface area (Å²) in [5, 5.41) is 8.85. The third-order valence-corrected chi connectivity index (χ3v) is 6.26. The molecule has 0 radical (unpaired) electrons. The average Bonchev–Trinajstić information content (AvgIpc) is 3.03. The molecule has 2 saturated heterocycles. The van der Waals surface area contributed by atoms with Gasteiger partial charge in [-0.25, -0.2) is 4.79 Å². The van der Waals surface area contributed by atoms with E-state index in [1.807, 2.05) is 39.0 Å². The molecule has 180 valence electrons. The zero-order valence-electron chi connectivity index (χ0n) is 19.2. The molecule has 2 aliphatic rings. The first-order chi connectivity index (χ1) is 15.6. The number of imide groups is 1. The molecule has 2 heterocycles. The average molecular weight is 495 g/mol. The second-order valence-corrected chi connectivity index (χ2v) is 10.6. The second kappa shape index (κ2) is 11.3. The molecule has 33 heavy (non-hydrogen) atoms. The Kier molecular flexibility index (Phi) is 8.67. The number of amides is 3. The number of hydrogen-bond donors (Lipinski definition) is 3. The van der Waals surface area contributed by atoms with E-state index in [4.69, 9.17) is 16.3 Å². The summed E-state index contributed by atoms with van der Waals surface area (Å²) >= 11 is 7.46. The summed E-state index contributed by atoms with van der Waals surface area (Å²) in [5.41, 5.74) is 1.37. The summed E-state index contributed by atoms with van der Waals surface area (Å²) in [4.78, 5) is 37.8. The van der Waals surface area contributed by atoms with Gasteiger partial charge in [-0.05, 0) is 70.5 Å². The number of para-hydroxylation sites is 1. The number of nitrogens with one attached hydrogen (secondary N) is 3. The van der Waals surface area contributed by atoms with E-state index in [-0.39, 0.29) is 22.7 Å². The van der Waals surface area contributed by atoms with Crippen molar-refractivity contribution in [1.82, 2.24) is 16.0 Å². The Morgan fingerprint density at radius 3 is 2.85 bits per heavy atom. The van der Waals surface area contributed by atoms with Crippen molar-refractivity contribution in [2.75, 3.05) is 31.1 Å². The van der Waals surface area contributed by atoms with Crippen LogP contribution < -0.4 is 20.9 Å². The maximum absolute atomic E-state index is 12.0. The predicted molar refractivity (Wildman–Crippen MR) is 133 cm³/mol. The maximum Gasteiger partial charge on any atom is 0.407 e. The number of rotatable bonds is 7. The first-order valence-electron chi connectivity index (χ1n) is 11.1. The van der Waals surface area contributed by atoms with Gasteiger partial charge in [-0.1, -0.05) is 23.7 Å². The maximum atomic E-state index is 12.0. The molecule has 8 nitrogen and oxygen atoms in total. The van der Waals surface area contributed by atoms with E-state index < -0.39 is 6.09 Å².